The zero-order valence-corrected chi connectivity index (χ0v) is 9.30. The van der Waals surface area contributed by atoms with Crippen LogP contribution in [0, 0.1) is 0 Å². The molecule has 6 heteroatoms. The number of hydrogen-bond acceptors (Lipinski definition) is 6. The predicted molar refractivity (Wildman–Crippen MR) is 57.1 cm³/mol. The quantitative estimate of drug-likeness (QED) is 0.789. The molecule has 0 spiro atoms. The van der Waals surface area contributed by atoms with E-state index in [1.807, 2.05) is 0 Å². The van der Waals surface area contributed by atoms with Crippen LogP contribution in [0.1, 0.15) is 21.9 Å². The number of methoxy groups -OCH3 is 1. The molecule has 6 nitrogen and oxygen atoms in total. The Kier molecular flexibility index (Phi) is 3.56. The van der Waals surface area contributed by atoms with Crippen molar-refractivity contribution in [1.29, 1.82) is 0 Å². The maximum Gasteiger partial charge on any atom is 0.341 e. The first-order chi connectivity index (χ1) is 8.29. The zero-order chi connectivity index (χ0) is 12.1. The predicted octanol–water partition coefficient (Wildman–Crippen LogP) is 1.34. The van der Waals surface area contributed by atoms with Crippen molar-refractivity contribution in [1.82, 2.24) is 10.5 Å². The van der Waals surface area contributed by atoms with Gasteiger partial charge >= 0.3 is 5.97 Å². The molecule has 0 saturated heterocycles. The number of furan rings is 1. The highest BCUT2D eigenvalue weighted by Crippen LogP contribution is 2.09. The summed E-state index contributed by atoms with van der Waals surface area (Å²) in [6, 6.07) is 3.41. The van der Waals surface area contributed by atoms with Crippen molar-refractivity contribution in [2.45, 2.75) is 13.1 Å². The lowest BCUT2D eigenvalue weighted by molar-refractivity contribution is 0.0600. The normalized spacial score (nSPS) is 10.4. The number of carbonyl (C=O) groups excluding carboxylic acids is 1. The van der Waals surface area contributed by atoms with Crippen molar-refractivity contribution in [2.24, 2.45) is 0 Å². The minimum absolute atomic E-state index is 0.406. The van der Waals surface area contributed by atoms with Crippen LogP contribution in [0.25, 0.3) is 0 Å². The Labute approximate surface area is 97.5 Å². The lowest BCUT2D eigenvalue weighted by Gasteiger charge is -1.97. The third kappa shape index (κ3) is 2.94. The topological polar surface area (TPSA) is 77.5 Å². The summed E-state index contributed by atoms with van der Waals surface area (Å²) >= 11 is 0. The van der Waals surface area contributed by atoms with Crippen LogP contribution in [0.3, 0.4) is 0 Å². The van der Waals surface area contributed by atoms with E-state index in [0.717, 1.165) is 5.76 Å². The Hall–Kier alpha value is -2.08. The molecule has 0 aliphatic heterocycles. The SMILES string of the molecule is COC(=O)c1coc(CNCc2ccno2)c1. The second-order valence-corrected chi connectivity index (χ2v) is 3.38. The van der Waals surface area contributed by atoms with Gasteiger partial charge in [-0.25, -0.2) is 4.79 Å². The van der Waals surface area contributed by atoms with E-state index in [2.05, 4.69) is 15.2 Å². The molecule has 17 heavy (non-hydrogen) atoms. The monoisotopic (exact) mass is 236 g/mol. The van der Waals surface area contributed by atoms with Gasteiger partial charge in [0.05, 0.1) is 32.0 Å². The highest BCUT2D eigenvalue weighted by atomic mass is 16.5. The Balaban J connectivity index is 1.83. The molecule has 2 aromatic heterocycles. The van der Waals surface area contributed by atoms with Crippen LogP contribution in [-0.4, -0.2) is 18.2 Å². The number of nitrogens with zero attached hydrogens (tertiary/aromatic N) is 1. The lowest BCUT2D eigenvalue weighted by Crippen LogP contribution is -2.11. The van der Waals surface area contributed by atoms with Crippen LogP contribution in [0.4, 0.5) is 0 Å². The van der Waals surface area contributed by atoms with Crippen molar-refractivity contribution < 1.29 is 18.5 Å². The van der Waals surface area contributed by atoms with Gasteiger partial charge in [-0.2, -0.15) is 0 Å². The van der Waals surface area contributed by atoms with E-state index in [-0.39, 0.29) is 0 Å². The number of rotatable bonds is 5. The largest absolute Gasteiger partial charge is 0.467 e. The van der Waals surface area contributed by atoms with Gasteiger partial charge in [0.25, 0.3) is 0 Å². The number of hydrogen-bond donors (Lipinski definition) is 1. The molecular formula is C11H12N2O4. The van der Waals surface area contributed by atoms with E-state index in [1.165, 1.54) is 13.4 Å². The number of carbonyl (C=O) groups is 1. The van der Waals surface area contributed by atoms with Crippen molar-refractivity contribution in [2.75, 3.05) is 7.11 Å². The van der Waals surface area contributed by atoms with Crippen LogP contribution >= 0.6 is 0 Å². The van der Waals surface area contributed by atoms with Crippen molar-refractivity contribution in [3.8, 4) is 0 Å². The van der Waals surface area contributed by atoms with Gasteiger partial charge in [-0.15, -0.1) is 0 Å². The van der Waals surface area contributed by atoms with E-state index in [4.69, 9.17) is 8.94 Å². The molecule has 0 saturated carbocycles. The molecule has 0 amide bonds. The van der Waals surface area contributed by atoms with Crippen LogP contribution in [0.2, 0.25) is 0 Å². The minimum atomic E-state index is -0.407. The molecule has 2 heterocycles. The van der Waals surface area contributed by atoms with E-state index >= 15 is 0 Å². The Morgan fingerprint density at radius 2 is 2.29 bits per heavy atom. The number of esters is 1. The van der Waals surface area contributed by atoms with Crippen LogP contribution in [-0.2, 0) is 17.8 Å². The molecule has 0 atom stereocenters. The summed E-state index contributed by atoms with van der Waals surface area (Å²) in [5.41, 5.74) is 0.406. The smallest absolute Gasteiger partial charge is 0.341 e. The number of nitrogens with one attached hydrogen (secondary N) is 1. The Morgan fingerprint density at radius 3 is 3.00 bits per heavy atom. The summed E-state index contributed by atoms with van der Waals surface area (Å²) in [6.07, 6.45) is 2.95. The van der Waals surface area contributed by atoms with Gasteiger partial charge in [0.15, 0.2) is 0 Å². The molecule has 2 aromatic rings. The van der Waals surface area contributed by atoms with Gasteiger partial charge in [0.1, 0.15) is 17.8 Å². The first-order valence-electron chi connectivity index (χ1n) is 5.05. The molecule has 0 radical (unpaired) electrons. The second kappa shape index (κ2) is 5.31. The van der Waals surface area contributed by atoms with Crippen LogP contribution < -0.4 is 5.32 Å². The third-order valence-corrected chi connectivity index (χ3v) is 2.16. The highest BCUT2D eigenvalue weighted by molar-refractivity contribution is 5.88. The van der Waals surface area contributed by atoms with Gasteiger partial charge in [0, 0.05) is 6.07 Å². The minimum Gasteiger partial charge on any atom is -0.467 e. The molecular weight excluding hydrogens is 224 g/mol. The molecule has 0 aliphatic rings. The molecule has 1 N–H and O–H groups in total. The fraction of sp³-hybridized carbons (Fsp3) is 0.273. The fourth-order valence-electron chi connectivity index (χ4n) is 1.34. The van der Waals surface area contributed by atoms with Gasteiger partial charge in [0.2, 0.25) is 0 Å². The van der Waals surface area contributed by atoms with E-state index < -0.39 is 5.97 Å². The highest BCUT2D eigenvalue weighted by Gasteiger charge is 2.09. The van der Waals surface area contributed by atoms with E-state index in [9.17, 15) is 4.79 Å². The van der Waals surface area contributed by atoms with Crippen LogP contribution in [0.5, 0.6) is 0 Å². The third-order valence-electron chi connectivity index (χ3n) is 2.16. The first kappa shape index (κ1) is 11.4. The molecule has 2 rings (SSSR count). The molecule has 90 valence electrons. The van der Waals surface area contributed by atoms with E-state index in [1.54, 1.807) is 18.3 Å². The average molecular weight is 236 g/mol. The summed E-state index contributed by atoms with van der Waals surface area (Å²) in [5, 5.41) is 6.68. The Morgan fingerprint density at radius 1 is 1.47 bits per heavy atom. The fourth-order valence-corrected chi connectivity index (χ4v) is 1.34. The molecule has 0 aromatic carbocycles. The lowest BCUT2D eigenvalue weighted by atomic mass is 10.3. The van der Waals surface area contributed by atoms with Gasteiger partial charge < -0.3 is 19.0 Å². The van der Waals surface area contributed by atoms with Gasteiger partial charge in [-0.3, -0.25) is 0 Å². The number of ether oxygens (including phenoxy) is 1. The first-order valence-corrected chi connectivity index (χ1v) is 5.05. The van der Waals surface area contributed by atoms with Crippen LogP contribution in [0.15, 0.2) is 33.5 Å². The molecule has 0 bridgehead atoms. The van der Waals surface area contributed by atoms with Gasteiger partial charge in [-0.1, -0.05) is 5.16 Å². The summed E-state index contributed by atoms with van der Waals surface area (Å²) < 4.78 is 14.7. The molecule has 0 unspecified atom stereocenters. The summed E-state index contributed by atoms with van der Waals surface area (Å²) in [6.45, 7) is 1.05. The molecule has 0 fully saturated rings. The zero-order valence-electron chi connectivity index (χ0n) is 9.30. The Bertz CT molecular complexity index is 475. The second-order valence-electron chi connectivity index (χ2n) is 3.38. The summed E-state index contributed by atoms with van der Waals surface area (Å²) in [5.74, 6) is 0.991. The van der Waals surface area contributed by atoms with Crippen molar-refractivity contribution >= 4 is 5.97 Å². The molecule has 0 aliphatic carbocycles. The average Bonchev–Trinajstić information content (AvgIpc) is 2.99. The van der Waals surface area contributed by atoms with Crippen molar-refractivity contribution in [3.05, 3.63) is 41.7 Å². The maximum absolute atomic E-state index is 11.2. The summed E-state index contributed by atoms with van der Waals surface area (Å²) in [7, 11) is 1.33. The maximum atomic E-state index is 11.2. The van der Waals surface area contributed by atoms with E-state index in [0.29, 0.717) is 24.4 Å². The summed E-state index contributed by atoms with van der Waals surface area (Å²) in [4.78, 5) is 11.2. The standard InChI is InChI=1S/C11H12N2O4/c1-15-11(14)8-4-10(16-7-8)6-12-5-9-2-3-13-17-9/h2-4,7,12H,5-6H2,1H3. The van der Waals surface area contributed by atoms with Crippen molar-refractivity contribution in [3.63, 3.8) is 0 Å². The number of aromatic nitrogens is 1. The van der Waals surface area contributed by atoms with Gasteiger partial charge in [-0.05, 0) is 6.07 Å².